The van der Waals surface area contributed by atoms with Gasteiger partial charge in [0.2, 0.25) is 0 Å². The lowest BCUT2D eigenvalue weighted by molar-refractivity contribution is 0.0857. The number of nitrogens with zero attached hydrogens (tertiary/aromatic N) is 3. The van der Waals surface area contributed by atoms with Crippen molar-refractivity contribution in [3.8, 4) is 0 Å². The van der Waals surface area contributed by atoms with Gasteiger partial charge in [0.15, 0.2) is 11.9 Å². The maximum atomic E-state index is 5.43. The van der Waals surface area contributed by atoms with Gasteiger partial charge in [-0.05, 0) is 5.56 Å². The highest BCUT2D eigenvalue weighted by Gasteiger charge is 2.27. The maximum Gasteiger partial charge on any atom is 0.275 e. The third-order valence-electron chi connectivity index (χ3n) is 3.08. The molecule has 0 amide bonds. The molecule has 1 aromatic heterocycles. The molecule has 0 unspecified atom stereocenters. The van der Waals surface area contributed by atoms with Crippen molar-refractivity contribution in [1.29, 1.82) is 0 Å². The molecule has 104 valence electrons. The van der Waals surface area contributed by atoms with Gasteiger partial charge < -0.3 is 14.1 Å². The van der Waals surface area contributed by atoms with Crippen LogP contribution in [0, 0.1) is 0 Å². The number of hydrogen-bond donors (Lipinski definition) is 0. The van der Waals surface area contributed by atoms with Gasteiger partial charge in [0, 0.05) is 20.0 Å². The van der Waals surface area contributed by atoms with E-state index in [1.807, 2.05) is 30.3 Å². The quantitative estimate of drug-likeness (QED) is 0.834. The largest absolute Gasteiger partial charge is 0.387 e. The van der Waals surface area contributed by atoms with Crippen LogP contribution < -0.4 is 0 Å². The first-order valence-corrected chi connectivity index (χ1v) is 6.46. The molecule has 0 fully saturated rings. The maximum absolute atomic E-state index is 5.43. The second-order valence-corrected chi connectivity index (χ2v) is 4.51. The molecule has 0 saturated heterocycles. The zero-order valence-electron chi connectivity index (χ0n) is 11.2. The first kappa shape index (κ1) is 12.8. The van der Waals surface area contributed by atoms with Crippen molar-refractivity contribution in [3.05, 3.63) is 47.6 Å². The van der Waals surface area contributed by atoms with E-state index in [0.29, 0.717) is 36.9 Å². The molecule has 20 heavy (non-hydrogen) atoms. The topological polar surface area (TPSA) is 69.7 Å². The Kier molecular flexibility index (Phi) is 3.73. The van der Waals surface area contributed by atoms with E-state index in [1.165, 1.54) is 0 Å². The Morgan fingerprint density at radius 1 is 1.30 bits per heavy atom. The molecule has 0 saturated carbocycles. The Morgan fingerprint density at radius 2 is 2.15 bits per heavy atom. The van der Waals surface area contributed by atoms with Crippen LogP contribution in [0.3, 0.4) is 0 Å². The van der Waals surface area contributed by atoms with Gasteiger partial charge in [0.05, 0.1) is 6.61 Å². The second kappa shape index (κ2) is 5.83. The summed E-state index contributed by atoms with van der Waals surface area (Å²) in [5.41, 5.74) is 1.78. The predicted octanol–water partition coefficient (Wildman–Crippen LogP) is 2.12. The first-order chi connectivity index (χ1) is 9.86. The van der Waals surface area contributed by atoms with Gasteiger partial charge in [-0.3, -0.25) is 0 Å². The number of aromatic nitrogens is 2. The molecule has 0 spiro atoms. The molecule has 6 heteroatoms. The summed E-state index contributed by atoms with van der Waals surface area (Å²) < 4.78 is 10.2. The van der Waals surface area contributed by atoms with Gasteiger partial charge in [0.1, 0.15) is 5.71 Å². The van der Waals surface area contributed by atoms with Crippen LogP contribution in [0.4, 0.5) is 0 Å². The Bertz CT molecular complexity index is 595. The minimum absolute atomic E-state index is 0.0828. The van der Waals surface area contributed by atoms with E-state index < -0.39 is 0 Å². The molecule has 1 atom stereocenters. The lowest BCUT2D eigenvalue weighted by Crippen LogP contribution is -2.02. The molecule has 0 bridgehead atoms. The molecule has 0 aliphatic carbocycles. The van der Waals surface area contributed by atoms with Crippen LogP contribution in [0.1, 0.15) is 29.8 Å². The van der Waals surface area contributed by atoms with E-state index in [0.717, 1.165) is 5.56 Å². The molecule has 0 radical (unpaired) electrons. The second-order valence-electron chi connectivity index (χ2n) is 4.51. The predicted molar refractivity (Wildman–Crippen MR) is 71.3 cm³/mol. The average Bonchev–Trinajstić information content (AvgIpc) is 3.15. The minimum atomic E-state index is -0.0828. The molecule has 2 heterocycles. The zero-order chi connectivity index (χ0) is 13.8. The summed E-state index contributed by atoms with van der Waals surface area (Å²) in [6.45, 7) is 0.564. The van der Waals surface area contributed by atoms with Crippen LogP contribution in [0.25, 0.3) is 0 Å². The molecular weight excluding hydrogens is 258 g/mol. The highest BCUT2D eigenvalue weighted by molar-refractivity contribution is 5.97. The summed E-state index contributed by atoms with van der Waals surface area (Å²) in [5, 5.41) is 7.94. The van der Waals surface area contributed by atoms with Crippen LogP contribution in [-0.4, -0.2) is 29.6 Å². The number of rotatable bonds is 5. The minimum Gasteiger partial charge on any atom is -0.387 e. The van der Waals surface area contributed by atoms with Crippen molar-refractivity contribution >= 4 is 5.71 Å². The zero-order valence-corrected chi connectivity index (χ0v) is 11.2. The Morgan fingerprint density at radius 3 is 2.95 bits per heavy atom. The highest BCUT2D eigenvalue weighted by atomic mass is 16.6. The summed E-state index contributed by atoms with van der Waals surface area (Å²) in [7, 11) is 1.64. The van der Waals surface area contributed by atoms with E-state index in [2.05, 4.69) is 15.3 Å². The summed E-state index contributed by atoms with van der Waals surface area (Å²) >= 11 is 0. The molecule has 2 aromatic rings. The van der Waals surface area contributed by atoms with E-state index in [1.54, 1.807) is 7.11 Å². The monoisotopic (exact) mass is 273 g/mol. The fourth-order valence-electron chi connectivity index (χ4n) is 2.02. The standard InChI is InChI=1S/C14H15N3O3/c1-18-8-7-13-15-14(20-17-13)11-9-12(19-16-11)10-5-3-2-4-6-10/h2-6,12H,7-9H2,1H3/t12-/m0/s1. The number of oxime groups is 1. The van der Waals surface area contributed by atoms with Crippen LogP contribution in [0.2, 0.25) is 0 Å². The number of methoxy groups -OCH3 is 1. The van der Waals surface area contributed by atoms with Crippen LogP contribution in [-0.2, 0) is 16.0 Å². The smallest absolute Gasteiger partial charge is 0.275 e. The molecule has 1 aliphatic rings. The van der Waals surface area contributed by atoms with Crippen molar-refractivity contribution in [2.24, 2.45) is 5.16 Å². The Labute approximate surface area is 116 Å². The molecule has 1 aliphatic heterocycles. The van der Waals surface area contributed by atoms with Crippen molar-refractivity contribution in [1.82, 2.24) is 10.1 Å². The number of hydrogen-bond acceptors (Lipinski definition) is 6. The fourth-order valence-corrected chi connectivity index (χ4v) is 2.02. The molecular formula is C14H15N3O3. The van der Waals surface area contributed by atoms with Crippen molar-refractivity contribution in [3.63, 3.8) is 0 Å². The third-order valence-corrected chi connectivity index (χ3v) is 3.08. The average molecular weight is 273 g/mol. The van der Waals surface area contributed by atoms with Gasteiger partial charge >= 0.3 is 0 Å². The summed E-state index contributed by atoms with van der Waals surface area (Å²) in [4.78, 5) is 9.72. The van der Waals surface area contributed by atoms with Crippen LogP contribution in [0.15, 0.2) is 40.0 Å². The van der Waals surface area contributed by atoms with Gasteiger partial charge in [0.25, 0.3) is 5.89 Å². The summed E-state index contributed by atoms with van der Waals surface area (Å²) in [5.74, 6) is 1.04. The van der Waals surface area contributed by atoms with Crippen molar-refractivity contribution in [2.75, 3.05) is 13.7 Å². The van der Waals surface area contributed by atoms with Gasteiger partial charge in [-0.25, -0.2) is 0 Å². The van der Waals surface area contributed by atoms with E-state index in [-0.39, 0.29) is 6.10 Å². The summed E-state index contributed by atoms with van der Waals surface area (Å²) in [6.07, 6.45) is 1.17. The lowest BCUT2D eigenvalue weighted by atomic mass is 10.0. The highest BCUT2D eigenvalue weighted by Crippen LogP contribution is 2.28. The van der Waals surface area contributed by atoms with Crippen LogP contribution >= 0.6 is 0 Å². The third kappa shape index (κ3) is 2.70. The lowest BCUT2D eigenvalue weighted by Gasteiger charge is -2.06. The van der Waals surface area contributed by atoms with Crippen molar-refractivity contribution in [2.45, 2.75) is 18.9 Å². The van der Waals surface area contributed by atoms with Crippen LogP contribution in [0.5, 0.6) is 0 Å². The Hall–Kier alpha value is -2.21. The van der Waals surface area contributed by atoms with E-state index in [4.69, 9.17) is 14.1 Å². The number of ether oxygens (including phenoxy) is 1. The Balaban J connectivity index is 1.66. The SMILES string of the molecule is COCCc1noc(C2=NO[C@H](c3ccccc3)C2)n1. The first-order valence-electron chi connectivity index (χ1n) is 6.46. The fraction of sp³-hybridized carbons (Fsp3) is 0.357. The summed E-state index contributed by atoms with van der Waals surface area (Å²) in [6, 6.07) is 9.96. The van der Waals surface area contributed by atoms with E-state index >= 15 is 0 Å². The van der Waals surface area contributed by atoms with Gasteiger partial charge in [-0.1, -0.05) is 40.6 Å². The molecule has 0 N–H and O–H groups in total. The normalized spacial score (nSPS) is 17.9. The van der Waals surface area contributed by atoms with Gasteiger partial charge in [-0.2, -0.15) is 4.98 Å². The number of benzene rings is 1. The van der Waals surface area contributed by atoms with Gasteiger partial charge in [-0.15, -0.1) is 0 Å². The molecule has 6 nitrogen and oxygen atoms in total. The van der Waals surface area contributed by atoms with Crippen molar-refractivity contribution < 1.29 is 14.1 Å². The molecule has 3 rings (SSSR count). The molecule has 1 aromatic carbocycles. The van der Waals surface area contributed by atoms with E-state index in [9.17, 15) is 0 Å².